The number of nitrogens with one attached hydrogen (secondary N) is 1. The van der Waals surface area contributed by atoms with Gasteiger partial charge in [0.2, 0.25) is 5.92 Å². The number of rotatable bonds is 5. The summed E-state index contributed by atoms with van der Waals surface area (Å²) in [5.41, 5.74) is -0.0526. The Morgan fingerprint density at radius 2 is 1.81 bits per heavy atom. The molecule has 9 heteroatoms. The van der Waals surface area contributed by atoms with Gasteiger partial charge in [0.05, 0.1) is 13.7 Å². The minimum Gasteiger partial charge on any atom is -0.496 e. The quantitative estimate of drug-likeness (QED) is 0.552. The number of nitrogens with zero attached hydrogens (tertiary/aromatic N) is 1. The van der Waals surface area contributed by atoms with Crippen LogP contribution in [0.5, 0.6) is 5.75 Å². The fourth-order valence-corrected chi connectivity index (χ4v) is 4.20. The Labute approximate surface area is 182 Å². The van der Waals surface area contributed by atoms with Gasteiger partial charge in [-0.25, -0.2) is 18.0 Å². The molecule has 0 atom stereocenters. The highest BCUT2D eigenvalue weighted by Crippen LogP contribution is 2.41. The minimum atomic E-state index is -2.86. The summed E-state index contributed by atoms with van der Waals surface area (Å²) in [6, 6.07) is 9.68. The second-order valence-electron chi connectivity index (χ2n) is 8.11. The first-order valence-electron chi connectivity index (χ1n) is 10.1. The highest BCUT2D eigenvalue weighted by Gasteiger charge is 2.55. The summed E-state index contributed by atoms with van der Waals surface area (Å²) in [4.78, 5) is 38.8. The van der Waals surface area contributed by atoms with Crippen molar-refractivity contribution >= 4 is 17.7 Å². The van der Waals surface area contributed by atoms with Crippen LogP contribution in [0.15, 0.2) is 42.5 Å². The number of methoxy groups -OCH3 is 1. The zero-order valence-corrected chi connectivity index (χ0v) is 17.3. The van der Waals surface area contributed by atoms with Gasteiger partial charge >= 0.3 is 6.03 Å². The topological polar surface area (TPSA) is 75.7 Å². The van der Waals surface area contributed by atoms with Crippen molar-refractivity contribution in [1.29, 1.82) is 0 Å². The number of halogens is 3. The van der Waals surface area contributed by atoms with Crippen LogP contribution in [0.25, 0.3) is 11.1 Å². The molecule has 1 N–H and O–H groups in total. The molecule has 0 bridgehead atoms. The average molecular weight is 446 g/mol. The first-order chi connectivity index (χ1) is 15.1. The number of alkyl halides is 2. The Hall–Kier alpha value is -3.36. The molecule has 0 radical (unpaired) electrons. The second kappa shape index (κ2) is 7.96. The van der Waals surface area contributed by atoms with E-state index in [1.807, 2.05) is 0 Å². The molecule has 1 aliphatic heterocycles. The minimum absolute atomic E-state index is 0.175. The van der Waals surface area contributed by atoms with E-state index in [0.29, 0.717) is 16.9 Å². The monoisotopic (exact) mass is 446 g/mol. The van der Waals surface area contributed by atoms with Crippen LogP contribution in [-0.4, -0.2) is 47.7 Å². The van der Waals surface area contributed by atoms with Gasteiger partial charge in [-0.2, -0.15) is 0 Å². The van der Waals surface area contributed by atoms with E-state index in [1.54, 1.807) is 18.2 Å². The van der Waals surface area contributed by atoms with Gasteiger partial charge in [-0.3, -0.25) is 14.5 Å². The molecule has 1 saturated heterocycles. The number of hydrogen-bond donors (Lipinski definition) is 1. The van der Waals surface area contributed by atoms with E-state index in [2.05, 4.69) is 5.32 Å². The van der Waals surface area contributed by atoms with Gasteiger partial charge in [0.15, 0.2) is 5.78 Å². The number of amides is 3. The van der Waals surface area contributed by atoms with Crippen LogP contribution in [0.2, 0.25) is 0 Å². The van der Waals surface area contributed by atoms with Gasteiger partial charge in [-0.15, -0.1) is 0 Å². The number of benzene rings is 2. The summed E-state index contributed by atoms with van der Waals surface area (Å²) in [6.07, 6.45) is -1.35. The molecule has 2 aliphatic rings. The summed E-state index contributed by atoms with van der Waals surface area (Å²) < 4.78 is 46.0. The summed E-state index contributed by atoms with van der Waals surface area (Å²) >= 11 is 0. The van der Waals surface area contributed by atoms with Crippen molar-refractivity contribution in [2.45, 2.75) is 37.1 Å². The predicted octanol–water partition coefficient (Wildman–Crippen LogP) is 4.18. The highest BCUT2D eigenvalue weighted by molar-refractivity contribution is 6.11. The van der Waals surface area contributed by atoms with Crippen molar-refractivity contribution in [3.05, 3.63) is 53.8 Å². The van der Waals surface area contributed by atoms with E-state index in [4.69, 9.17) is 4.74 Å². The molecule has 2 aromatic carbocycles. The molecule has 1 spiro atoms. The third-order valence-electron chi connectivity index (χ3n) is 6.04. The Morgan fingerprint density at radius 3 is 2.47 bits per heavy atom. The Kier molecular flexibility index (Phi) is 5.44. The number of imide groups is 1. The van der Waals surface area contributed by atoms with E-state index < -0.39 is 54.4 Å². The maximum atomic E-state index is 13.6. The molecule has 1 heterocycles. The predicted molar refractivity (Wildman–Crippen MR) is 109 cm³/mol. The zero-order chi connectivity index (χ0) is 23.1. The Morgan fingerprint density at radius 1 is 1.09 bits per heavy atom. The molecule has 3 amide bonds. The van der Waals surface area contributed by atoms with Crippen LogP contribution in [0, 0.1) is 5.82 Å². The lowest BCUT2D eigenvalue weighted by Gasteiger charge is -2.34. The molecule has 0 unspecified atom stereocenters. The third kappa shape index (κ3) is 3.94. The zero-order valence-electron chi connectivity index (χ0n) is 17.3. The van der Waals surface area contributed by atoms with E-state index in [0.717, 1.165) is 4.90 Å². The molecule has 2 aromatic rings. The maximum Gasteiger partial charge on any atom is 0.325 e. The third-order valence-corrected chi connectivity index (χ3v) is 6.04. The molecule has 1 saturated carbocycles. The molecule has 0 aromatic heterocycles. The van der Waals surface area contributed by atoms with Gasteiger partial charge in [0, 0.05) is 24.0 Å². The lowest BCUT2D eigenvalue weighted by molar-refractivity contribution is -0.135. The molecular weight excluding hydrogens is 425 g/mol. The number of ether oxygens (including phenoxy) is 1. The average Bonchev–Trinajstić information content (AvgIpc) is 2.99. The molecule has 4 rings (SSSR count). The molecular formula is C23H21F3N2O4. The van der Waals surface area contributed by atoms with Crippen LogP contribution in [0.1, 0.15) is 36.0 Å². The van der Waals surface area contributed by atoms with Crippen molar-refractivity contribution < 1.29 is 32.3 Å². The summed E-state index contributed by atoms with van der Waals surface area (Å²) in [5, 5.41) is 2.51. The molecule has 2 fully saturated rings. The van der Waals surface area contributed by atoms with Gasteiger partial charge < -0.3 is 10.1 Å². The van der Waals surface area contributed by atoms with Crippen molar-refractivity contribution in [2.24, 2.45) is 0 Å². The molecule has 168 valence electrons. The van der Waals surface area contributed by atoms with Crippen molar-refractivity contribution in [3.8, 4) is 16.9 Å². The Balaban J connectivity index is 1.53. The van der Waals surface area contributed by atoms with E-state index in [-0.39, 0.29) is 18.4 Å². The maximum absolute atomic E-state index is 13.6. The van der Waals surface area contributed by atoms with Gasteiger partial charge in [0.1, 0.15) is 17.1 Å². The smallest absolute Gasteiger partial charge is 0.325 e. The molecule has 1 aliphatic carbocycles. The number of Topliss-reactive ketones (excluding diaryl/α,β-unsaturated/α-hetero) is 1. The van der Waals surface area contributed by atoms with Crippen LogP contribution >= 0.6 is 0 Å². The largest absolute Gasteiger partial charge is 0.496 e. The normalized spacial score (nSPS) is 19.2. The number of ketones is 1. The summed E-state index contributed by atoms with van der Waals surface area (Å²) in [6.45, 7) is -0.523. The summed E-state index contributed by atoms with van der Waals surface area (Å²) in [5.74, 6) is -4.13. The van der Waals surface area contributed by atoms with Crippen LogP contribution in [-0.2, 0) is 4.79 Å². The molecule has 32 heavy (non-hydrogen) atoms. The highest BCUT2D eigenvalue weighted by atomic mass is 19.3. The lowest BCUT2D eigenvalue weighted by atomic mass is 9.80. The number of carbonyl (C=O) groups excluding carboxylic acids is 3. The van der Waals surface area contributed by atoms with Gasteiger partial charge in [-0.05, 0) is 42.7 Å². The van der Waals surface area contributed by atoms with Crippen molar-refractivity contribution in [2.75, 3.05) is 13.7 Å². The van der Waals surface area contributed by atoms with E-state index in [9.17, 15) is 27.6 Å². The van der Waals surface area contributed by atoms with Crippen LogP contribution in [0.3, 0.4) is 0 Å². The standard InChI is InChI=1S/C23H21F3N2O4/c1-32-19-12-15(5-6-17(19)14-3-2-4-16(24)11-14)18(29)13-28-20(30)22(27-21(28)31)7-9-23(25,26)10-8-22/h2-6,11-12H,7-10,13H2,1H3,(H,27,31). The molecule has 6 nitrogen and oxygen atoms in total. The van der Waals surface area contributed by atoms with Crippen LogP contribution in [0.4, 0.5) is 18.0 Å². The number of carbonyl (C=O) groups is 3. The van der Waals surface area contributed by atoms with Crippen molar-refractivity contribution in [3.63, 3.8) is 0 Å². The Bertz CT molecular complexity index is 1090. The summed E-state index contributed by atoms with van der Waals surface area (Å²) in [7, 11) is 1.41. The fourth-order valence-electron chi connectivity index (χ4n) is 4.20. The lowest BCUT2D eigenvalue weighted by Crippen LogP contribution is -2.51. The fraction of sp³-hybridized carbons (Fsp3) is 0.348. The first kappa shape index (κ1) is 21.9. The van der Waals surface area contributed by atoms with Crippen molar-refractivity contribution in [1.82, 2.24) is 10.2 Å². The van der Waals surface area contributed by atoms with Gasteiger partial charge in [-0.1, -0.05) is 18.2 Å². The number of hydrogen-bond acceptors (Lipinski definition) is 4. The number of urea groups is 1. The SMILES string of the molecule is COc1cc(C(=O)CN2C(=O)NC3(CCC(F)(F)CC3)C2=O)ccc1-c1cccc(F)c1. The first-order valence-corrected chi connectivity index (χ1v) is 10.1. The van der Waals surface area contributed by atoms with E-state index >= 15 is 0 Å². The second-order valence-corrected chi connectivity index (χ2v) is 8.11. The van der Waals surface area contributed by atoms with Crippen LogP contribution < -0.4 is 10.1 Å². The van der Waals surface area contributed by atoms with E-state index in [1.165, 1.54) is 31.4 Å². The van der Waals surface area contributed by atoms with Gasteiger partial charge in [0.25, 0.3) is 5.91 Å².